The van der Waals surface area contributed by atoms with Gasteiger partial charge in [0.15, 0.2) is 18.1 Å². The van der Waals surface area contributed by atoms with Crippen LogP contribution in [0.3, 0.4) is 0 Å². The van der Waals surface area contributed by atoms with Crippen molar-refractivity contribution in [1.82, 2.24) is 10.2 Å². The molecule has 1 N–H and O–H groups in total. The van der Waals surface area contributed by atoms with Gasteiger partial charge in [-0.15, -0.1) is 0 Å². The average Bonchev–Trinajstić information content (AvgIpc) is 2.70. The van der Waals surface area contributed by atoms with Crippen LogP contribution in [-0.2, 0) is 4.79 Å². The number of likely N-dealkylation sites (N-methyl/N-ethyl adjacent to an activating group) is 1. The molecule has 0 radical (unpaired) electrons. The minimum atomic E-state index is -0.149. The lowest BCUT2D eigenvalue weighted by Gasteiger charge is -2.30. The third kappa shape index (κ3) is 5.49. The first-order valence-electron chi connectivity index (χ1n) is 9.01. The Morgan fingerprint density at radius 2 is 1.62 bits per heavy atom. The summed E-state index contributed by atoms with van der Waals surface area (Å²) in [6.07, 6.45) is 0. The molecule has 5 heteroatoms. The number of rotatable bonds is 10. The highest BCUT2D eigenvalue weighted by Gasteiger charge is 2.18. The van der Waals surface area contributed by atoms with Gasteiger partial charge in [-0.25, -0.2) is 0 Å². The largest absolute Gasteiger partial charge is 0.493 e. The lowest BCUT2D eigenvalue weighted by atomic mass is 10.1. The number of carbonyl (C=O) groups is 1. The smallest absolute Gasteiger partial charge is 0.258 e. The number of ether oxygens (including phenoxy) is 2. The van der Waals surface area contributed by atoms with Gasteiger partial charge in [-0.1, -0.05) is 56.3 Å². The van der Waals surface area contributed by atoms with E-state index in [0.717, 1.165) is 13.1 Å². The Bertz CT molecular complexity index is 672. The van der Waals surface area contributed by atoms with Gasteiger partial charge in [0.1, 0.15) is 0 Å². The van der Waals surface area contributed by atoms with Gasteiger partial charge >= 0.3 is 0 Å². The van der Waals surface area contributed by atoms with E-state index in [-0.39, 0.29) is 18.6 Å². The maximum absolute atomic E-state index is 12.3. The number of methoxy groups -OCH3 is 1. The first-order chi connectivity index (χ1) is 12.7. The third-order valence-corrected chi connectivity index (χ3v) is 4.36. The summed E-state index contributed by atoms with van der Waals surface area (Å²) in [7, 11) is 1.58. The van der Waals surface area contributed by atoms with Crippen LogP contribution < -0.4 is 14.8 Å². The molecule has 1 amide bonds. The van der Waals surface area contributed by atoms with Crippen molar-refractivity contribution >= 4 is 5.91 Å². The molecule has 2 rings (SSSR count). The number of hydrogen-bond acceptors (Lipinski definition) is 4. The minimum absolute atomic E-state index is 0.0415. The van der Waals surface area contributed by atoms with E-state index in [0.29, 0.717) is 18.0 Å². The lowest BCUT2D eigenvalue weighted by Crippen LogP contribution is -2.39. The predicted molar refractivity (Wildman–Crippen MR) is 104 cm³/mol. The molecule has 0 bridgehead atoms. The second-order valence-corrected chi connectivity index (χ2v) is 5.89. The van der Waals surface area contributed by atoms with Gasteiger partial charge in [-0.3, -0.25) is 9.69 Å². The monoisotopic (exact) mass is 356 g/mol. The summed E-state index contributed by atoms with van der Waals surface area (Å²) < 4.78 is 10.8. The van der Waals surface area contributed by atoms with Crippen molar-refractivity contribution in [1.29, 1.82) is 0 Å². The molecule has 0 spiro atoms. The predicted octanol–water partition coefficient (Wildman–Crippen LogP) is 3.27. The van der Waals surface area contributed by atoms with Crippen molar-refractivity contribution in [3.63, 3.8) is 0 Å². The van der Waals surface area contributed by atoms with E-state index < -0.39 is 0 Å². The number of carbonyl (C=O) groups excluding carboxylic acids is 1. The second-order valence-electron chi connectivity index (χ2n) is 5.89. The summed E-state index contributed by atoms with van der Waals surface area (Å²) in [5.74, 6) is 1.03. The molecule has 2 aromatic rings. The van der Waals surface area contributed by atoms with E-state index in [1.807, 2.05) is 30.3 Å². The number of nitrogens with zero attached hydrogens (tertiary/aromatic N) is 1. The fourth-order valence-corrected chi connectivity index (χ4v) is 2.94. The molecule has 0 aromatic heterocycles. The zero-order chi connectivity index (χ0) is 18.8. The van der Waals surface area contributed by atoms with Crippen molar-refractivity contribution in [2.75, 3.05) is 33.4 Å². The van der Waals surface area contributed by atoms with Crippen molar-refractivity contribution < 1.29 is 14.3 Å². The van der Waals surface area contributed by atoms with Gasteiger partial charge in [0.25, 0.3) is 5.91 Å². The van der Waals surface area contributed by atoms with Gasteiger partial charge in [0, 0.05) is 6.54 Å². The quantitative estimate of drug-likeness (QED) is 0.710. The zero-order valence-corrected chi connectivity index (χ0v) is 15.8. The summed E-state index contributed by atoms with van der Waals surface area (Å²) in [6, 6.07) is 17.7. The topological polar surface area (TPSA) is 50.8 Å². The lowest BCUT2D eigenvalue weighted by molar-refractivity contribution is -0.123. The van der Waals surface area contributed by atoms with Crippen LogP contribution in [0, 0.1) is 0 Å². The Labute approximate surface area is 155 Å². The van der Waals surface area contributed by atoms with Crippen molar-refractivity contribution in [2.24, 2.45) is 0 Å². The molecule has 1 atom stereocenters. The molecule has 2 aromatic carbocycles. The van der Waals surface area contributed by atoms with E-state index in [2.05, 4.69) is 36.2 Å². The highest BCUT2D eigenvalue weighted by Crippen LogP contribution is 2.25. The van der Waals surface area contributed by atoms with Crippen molar-refractivity contribution in [3.05, 3.63) is 60.2 Å². The van der Waals surface area contributed by atoms with Crippen LogP contribution in [0.25, 0.3) is 0 Å². The SMILES string of the molecule is CCN(CC)C(CNC(=O)COc1ccccc1OC)c1ccccc1. The maximum atomic E-state index is 12.3. The summed E-state index contributed by atoms with van der Waals surface area (Å²) in [5.41, 5.74) is 1.20. The molecule has 5 nitrogen and oxygen atoms in total. The zero-order valence-electron chi connectivity index (χ0n) is 15.8. The van der Waals surface area contributed by atoms with Crippen LogP contribution >= 0.6 is 0 Å². The number of benzene rings is 2. The molecule has 0 saturated carbocycles. The van der Waals surface area contributed by atoms with E-state index in [1.54, 1.807) is 19.2 Å². The summed E-state index contributed by atoms with van der Waals surface area (Å²) in [6.45, 7) is 6.60. The van der Waals surface area contributed by atoms with Crippen LogP contribution in [0.5, 0.6) is 11.5 Å². The van der Waals surface area contributed by atoms with E-state index >= 15 is 0 Å². The summed E-state index contributed by atoms with van der Waals surface area (Å²) in [5, 5.41) is 2.99. The molecule has 0 aliphatic heterocycles. The molecule has 0 heterocycles. The maximum Gasteiger partial charge on any atom is 0.258 e. The molecule has 0 aliphatic rings. The first-order valence-corrected chi connectivity index (χ1v) is 9.01. The average molecular weight is 356 g/mol. The van der Waals surface area contributed by atoms with Gasteiger partial charge in [0.05, 0.1) is 13.2 Å². The fraction of sp³-hybridized carbons (Fsp3) is 0.381. The first kappa shape index (κ1) is 19.8. The van der Waals surface area contributed by atoms with Crippen LogP contribution in [0.1, 0.15) is 25.5 Å². The van der Waals surface area contributed by atoms with Crippen molar-refractivity contribution in [3.8, 4) is 11.5 Å². The molecular formula is C21H28N2O3. The molecule has 26 heavy (non-hydrogen) atoms. The van der Waals surface area contributed by atoms with Gasteiger partial charge in [-0.05, 0) is 30.8 Å². The Kier molecular flexibility index (Phi) is 7.96. The molecule has 0 saturated heterocycles. The highest BCUT2D eigenvalue weighted by atomic mass is 16.5. The minimum Gasteiger partial charge on any atom is -0.493 e. The standard InChI is InChI=1S/C21H28N2O3/c1-4-23(5-2)18(17-11-7-6-8-12-17)15-22-21(24)16-26-20-14-10-9-13-19(20)25-3/h6-14,18H,4-5,15-16H2,1-3H3,(H,22,24). The highest BCUT2D eigenvalue weighted by molar-refractivity contribution is 5.77. The Morgan fingerprint density at radius 3 is 2.23 bits per heavy atom. The van der Waals surface area contributed by atoms with E-state index in [9.17, 15) is 4.79 Å². The normalized spacial score (nSPS) is 11.8. The van der Waals surface area contributed by atoms with Crippen LogP contribution in [0.15, 0.2) is 54.6 Å². The molecule has 0 fully saturated rings. The Balaban J connectivity index is 1.94. The fourth-order valence-electron chi connectivity index (χ4n) is 2.94. The Hall–Kier alpha value is -2.53. The van der Waals surface area contributed by atoms with Crippen molar-refractivity contribution in [2.45, 2.75) is 19.9 Å². The van der Waals surface area contributed by atoms with Crippen LogP contribution in [0.4, 0.5) is 0 Å². The number of nitrogens with one attached hydrogen (secondary N) is 1. The van der Waals surface area contributed by atoms with Gasteiger partial charge in [0.2, 0.25) is 0 Å². The summed E-state index contributed by atoms with van der Waals surface area (Å²) >= 11 is 0. The van der Waals surface area contributed by atoms with Crippen LogP contribution in [-0.4, -0.2) is 44.2 Å². The molecule has 140 valence electrons. The molecule has 1 unspecified atom stereocenters. The Morgan fingerprint density at radius 1 is 1.00 bits per heavy atom. The number of hydrogen-bond donors (Lipinski definition) is 1. The third-order valence-electron chi connectivity index (χ3n) is 4.36. The molecular weight excluding hydrogens is 328 g/mol. The molecule has 0 aliphatic carbocycles. The van der Waals surface area contributed by atoms with E-state index in [1.165, 1.54) is 5.56 Å². The number of amides is 1. The number of para-hydroxylation sites is 2. The second kappa shape index (κ2) is 10.5. The van der Waals surface area contributed by atoms with Gasteiger partial charge in [-0.2, -0.15) is 0 Å². The van der Waals surface area contributed by atoms with E-state index in [4.69, 9.17) is 9.47 Å². The summed E-state index contributed by atoms with van der Waals surface area (Å²) in [4.78, 5) is 14.6. The van der Waals surface area contributed by atoms with Gasteiger partial charge < -0.3 is 14.8 Å². The van der Waals surface area contributed by atoms with Crippen LogP contribution in [0.2, 0.25) is 0 Å².